The van der Waals surface area contributed by atoms with Gasteiger partial charge in [-0.05, 0) is 58.7 Å². The third kappa shape index (κ3) is 6.41. The predicted molar refractivity (Wildman–Crippen MR) is 115 cm³/mol. The fraction of sp³-hybridized carbons (Fsp3) is 0.682. The molecule has 1 atom stereocenters. The zero-order valence-corrected chi connectivity index (χ0v) is 19.3. The smallest absolute Gasteiger partial charge is 0.371 e. The number of carbonyl (C=O) groups excluding carboxylic acids is 1. The molecule has 0 spiro atoms. The van der Waals surface area contributed by atoms with E-state index in [2.05, 4.69) is 27.7 Å². The number of esters is 1. The largest absolute Gasteiger partial charge is 0.462 e. The van der Waals surface area contributed by atoms with E-state index in [1.807, 2.05) is 18.2 Å². The number of ether oxygens (including phenoxy) is 2. The van der Waals surface area contributed by atoms with Crippen LogP contribution in [0.5, 0.6) is 0 Å². The van der Waals surface area contributed by atoms with Crippen LogP contribution in [-0.2, 0) is 18.3 Å². The molecule has 1 unspecified atom stereocenters. The van der Waals surface area contributed by atoms with Gasteiger partial charge in [-0.15, -0.1) is 0 Å². The number of rotatable bonds is 9. The molecular formula is C22H38O5Si. The van der Waals surface area contributed by atoms with Gasteiger partial charge in [0, 0.05) is 19.8 Å². The maximum absolute atomic E-state index is 11.0. The van der Waals surface area contributed by atoms with E-state index < -0.39 is 8.56 Å². The molecule has 5 nitrogen and oxygen atoms in total. The number of hydrogen-bond acceptors (Lipinski definition) is 5. The van der Waals surface area contributed by atoms with Gasteiger partial charge in [0.2, 0.25) is 0 Å². The van der Waals surface area contributed by atoms with Crippen molar-refractivity contribution in [3.8, 4) is 0 Å². The second-order valence-corrected chi connectivity index (χ2v) is 10.2. The molecule has 1 aromatic carbocycles. The zero-order chi connectivity index (χ0) is 20.9. The fourth-order valence-corrected chi connectivity index (χ4v) is 8.36. The van der Waals surface area contributed by atoms with Crippen LogP contribution in [0.4, 0.5) is 0 Å². The molecule has 0 aliphatic carbocycles. The van der Waals surface area contributed by atoms with E-state index in [0.29, 0.717) is 12.2 Å². The SMILES string of the molecule is CCOC(=O)c1ccccc1.CCOC1(CC)CCCC[Si]1(OCC)OCC. The highest BCUT2D eigenvalue weighted by atomic mass is 28.4. The van der Waals surface area contributed by atoms with Crippen LogP contribution in [0.2, 0.25) is 6.04 Å². The Hall–Kier alpha value is -1.21. The van der Waals surface area contributed by atoms with Gasteiger partial charge in [0.25, 0.3) is 0 Å². The van der Waals surface area contributed by atoms with Gasteiger partial charge in [-0.25, -0.2) is 4.79 Å². The van der Waals surface area contributed by atoms with Crippen LogP contribution in [0.25, 0.3) is 0 Å². The normalized spacial score (nSPS) is 20.8. The predicted octanol–water partition coefficient (Wildman–Crippen LogP) is 5.27. The molecule has 1 saturated heterocycles. The van der Waals surface area contributed by atoms with Gasteiger partial charge in [-0.1, -0.05) is 38.0 Å². The van der Waals surface area contributed by atoms with E-state index >= 15 is 0 Å². The van der Waals surface area contributed by atoms with Gasteiger partial charge in [0.05, 0.1) is 12.2 Å². The minimum absolute atomic E-state index is 0.119. The molecule has 160 valence electrons. The van der Waals surface area contributed by atoms with Gasteiger partial charge >= 0.3 is 14.5 Å². The van der Waals surface area contributed by atoms with Crippen molar-refractivity contribution < 1.29 is 23.1 Å². The number of benzene rings is 1. The Morgan fingerprint density at radius 1 is 0.929 bits per heavy atom. The molecule has 0 bridgehead atoms. The summed E-state index contributed by atoms with van der Waals surface area (Å²) in [6, 6.07) is 10.0. The summed E-state index contributed by atoms with van der Waals surface area (Å²) < 4.78 is 23.3. The van der Waals surface area contributed by atoms with E-state index in [1.54, 1.807) is 19.1 Å². The molecule has 28 heavy (non-hydrogen) atoms. The lowest BCUT2D eigenvalue weighted by atomic mass is 10.1. The monoisotopic (exact) mass is 410 g/mol. The lowest BCUT2D eigenvalue weighted by molar-refractivity contribution is -0.0426. The van der Waals surface area contributed by atoms with Crippen molar-refractivity contribution in [2.45, 2.75) is 71.6 Å². The van der Waals surface area contributed by atoms with Crippen LogP contribution >= 0.6 is 0 Å². The first-order chi connectivity index (χ1) is 13.5. The molecule has 2 rings (SSSR count). The zero-order valence-electron chi connectivity index (χ0n) is 18.3. The highest BCUT2D eigenvalue weighted by Crippen LogP contribution is 2.42. The quantitative estimate of drug-likeness (QED) is 0.410. The minimum atomic E-state index is -2.21. The summed E-state index contributed by atoms with van der Waals surface area (Å²) in [5.74, 6) is -0.256. The molecule has 1 aliphatic rings. The molecule has 0 N–H and O–H groups in total. The maximum atomic E-state index is 11.0. The van der Waals surface area contributed by atoms with Crippen LogP contribution in [-0.4, -0.2) is 46.2 Å². The third-order valence-electron chi connectivity index (χ3n) is 5.06. The van der Waals surface area contributed by atoms with Crippen LogP contribution in [0.3, 0.4) is 0 Å². The van der Waals surface area contributed by atoms with Crippen molar-refractivity contribution in [2.24, 2.45) is 0 Å². The summed E-state index contributed by atoms with van der Waals surface area (Å²) in [6.07, 6.45) is 4.57. The van der Waals surface area contributed by atoms with Crippen LogP contribution in [0.1, 0.15) is 70.7 Å². The summed E-state index contributed by atoms with van der Waals surface area (Å²) in [5, 5.41) is -0.119. The fourth-order valence-electron chi connectivity index (χ4n) is 3.90. The highest BCUT2D eigenvalue weighted by molar-refractivity contribution is 6.70. The van der Waals surface area contributed by atoms with E-state index in [0.717, 1.165) is 38.7 Å². The Balaban J connectivity index is 0.000000307. The highest BCUT2D eigenvalue weighted by Gasteiger charge is 2.58. The third-order valence-corrected chi connectivity index (χ3v) is 9.72. The average Bonchev–Trinajstić information content (AvgIpc) is 2.72. The summed E-state index contributed by atoms with van der Waals surface area (Å²) in [4.78, 5) is 11.0. The topological polar surface area (TPSA) is 54.0 Å². The van der Waals surface area contributed by atoms with Crippen molar-refractivity contribution in [1.29, 1.82) is 0 Å². The minimum Gasteiger partial charge on any atom is -0.462 e. The Bertz CT molecular complexity index is 536. The van der Waals surface area contributed by atoms with Gasteiger partial charge < -0.3 is 18.3 Å². The van der Waals surface area contributed by atoms with Crippen LogP contribution < -0.4 is 0 Å². The lowest BCUT2D eigenvalue weighted by Gasteiger charge is -2.49. The van der Waals surface area contributed by atoms with E-state index in [9.17, 15) is 4.79 Å². The molecule has 1 aliphatic heterocycles. The second kappa shape index (κ2) is 13.1. The summed E-state index contributed by atoms with van der Waals surface area (Å²) >= 11 is 0. The maximum Gasteiger partial charge on any atom is 0.371 e. The number of hydrogen-bond donors (Lipinski definition) is 0. The Kier molecular flexibility index (Phi) is 11.6. The van der Waals surface area contributed by atoms with Crippen molar-refractivity contribution in [1.82, 2.24) is 0 Å². The first kappa shape index (κ1) is 24.8. The second-order valence-electron chi connectivity index (χ2n) is 6.69. The van der Waals surface area contributed by atoms with Gasteiger partial charge in [-0.3, -0.25) is 0 Å². The number of carbonyl (C=O) groups is 1. The van der Waals surface area contributed by atoms with Crippen LogP contribution in [0.15, 0.2) is 30.3 Å². The first-order valence-corrected chi connectivity index (χ1v) is 12.7. The van der Waals surface area contributed by atoms with E-state index in [4.69, 9.17) is 18.3 Å². The van der Waals surface area contributed by atoms with E-state index in [1.165, 1.54) is 12.8 Å². The molecule has 0 aromatic heterocycles. The molecule has 0 radical (unpaired) electrons. The molecule has 0 saturated carbocycles. The molecule has 1 heterocycles. The molecular weight excluding hydrogens is 372 g/mol. The molecule has 6 heteroatoms. The van der Waals surface area contributed by atoms with Crippen molar-refractivity contribution in [3.05, 3.63) is 35.9 Å². The van der Waals surface area contributed by atoms with E-state index in [-0.39, 0.29) is 11.2 Å². The van der Waals surface area contributed by atoms with Gasteiger partial charge in [-0.2, -0.15) is 0 Å². The van der Waals surface area contributed by atoms with Gasteiger partial charge in [0.15, 0.2) is 0 Å². The van der Waals surface area contributed by atoms with Crippen molar-refractivity contribution in [3.63, 3.8) is 0 Å². The molecule has 1 aromatic rings. The standard InChI is InChI=1S/C13H28O3Si.C9H10O2/c1-5-13(14-6-2)11-9-10-12-17(13,15-7-3)16-8-4;1-2-11-9(10)8-6-4-3-5-7-8/h5-12H2,1-4H3;3-7H,2H2,1H3. The average molecular weight is 411 g/mol. The Morgan fingerprint density at radius 2 is 1.57 bits per heavy atom. The summed E-state index contributed by atoms with van der Waals surface area (Å²) in [6.45, 7) is 12.9. The van der Waals surface area contributed by atoms with Crippen LogP contribution in [0, 0.1) is 0 Å². The first-order valence-electron chi connectivity index (χ1n) is 10.7. The Labute approximate surface area is 172 Å². The van der Waals surface area contributed by atoms with Crippen molar-refractivity contribution in [2.75, 3.05) is 26.4 Å². The summed E-state index contributed by atoms with van der Waals surface area (Å²) in [5.41, 5.74) is 0.606. The van der Waals surface area contributed by atoms with Gasteiger partial charge in [0.1, 0.15) is 5.22 Å². The summed E-state index contributed by atoms with van der Waals surface area (Å²) in [7, 11) is -2.21. The lowest BCUT2D eigenvalue weighted by Crippen LogP contribution is -2.65. The Morgan fingerprint density at radius 3 is 2.07 bits per heavy atom. The molecule has 1 fully saturated rings. The molecule has 0 amide bonds. The van der Waals surface area contributed by atoms with Crippen molar-refractivity contribution >= 4 is 14.5 Å².